The molecule has 1 fully saturated rings. The minimum absolute atomic E-state index is 0.0319. The zero-order valence-corrected chi connectivity index (χ0v) is 19.6. The van der Waals surface area contributed by atoms with Crippen molar-refractivity contribution in [3.05, 3.63) is 68.5 Å². The molecule has 4 nitrogen and oxygen atoms in total. The second-order valence-corrected chi connectivity index (χ2v) is 9.56. The largest absolute Gasteiger partial charge is 0.358 e. The fraction of sp³-hybridized carbons (Fsp3) is 0.273. The lowest BCUT2D eigenvalue weighted by molar-refractivity contribution is 0.0696. The van der Waals surface area contributed by atoms with Gasteiger partial charge in [-0.3, -0.25) is 4.79 Å². The van der Waals surface area contributed by atoms with Crippen molar-refractivity contribution in [1.82, 2.24) is 15.1 Å². The van der Waals surface area contributed by atoms with Crippen molar-refractivity contribution < 1.29 is 4.79 Å². The maximum absolute atomic E-state index is 13.0. The molecule has 1 N–H and O–H groups in total. The van der Waals surface area contributed by atoms with E-state index in [0.717, 1.165) is 15.2 Å². The molecule has 1 aromatic heterocycles. The van der Waals surface area contributed by atoms with Crippen molar-refractivity contribution in [2.75, 3.05) is 26.2 Å². The molecule has 0 atom stereocenters. The first-order valence-electron chi connectivity index (χ1n) is 9.67. The third-order valence-corrected chi connectivity index (χ3v) is 7.49. The van der Waals surface area contributed by atoms with Gasteiger partial charge in [0.05, 0.1) is 5.02 Å². The van der Waals surface area contributed by atoms with Crippen LogP contribution < -0.4 is 5.32 Å². The van der Waals surface area contributed by atoms with E-state index in [4.69, 9.17) is 35.4 Å². The van der Waals surface area contributed by atoms with Crippen LogP contribution in [0.15, 0.2) is 42.5 Å². The van der Waals surface area contributed by atoms with E-state index in [1.807, 2.05) is 17.0 Å². The number of nitrogens with one attached hydrogen (secondary N) is 1. The lowest BCUT2D eigenvalue weighted by atomic mass is 10.1. The van der Waals surface area contributed by atoms with Gasteiger partial charge in [0.1, 0.15) is 4.88 Å². The summed E-state index contributed by atoms with van der Waals surface area (Å²) in [7, 11) is 0. The summed E-state index contributed by atoms with van der Waals surface area (Å²) in [5.41, 5.74) is 2.43. The molecule has 3 aromatic rings. The summed E-state index contributed by atoms with van der Waals surface area (Å²) in [4.78, 5) is 17.6. The number of fused-ring (bicyclic) bond motifs is 1. The molecular weight excluding hydrogens is 457 g/mol. The molecule has 1 amide bonds. The van der Waals surface area contributed by atoms with Crippen LogP contribution in [-0.4, -0.2) is 47.0 Å². The Bertz CT molecular complexity index is 1090. The van der Waals surface area contributed by atoms with Crippen molar-refractivity contribution in [3.63, 3.8) is 0 Å². The number of nitrogens with zero attached hydrogens (tertiary/aromatic N) is 2. The number of benzene rings is 2. The minimum atomic E-state index is -0.0319. The third-order valence-electron chi connectivity index (χ3n) is 5.20. The third kappa shape index (κ3) is 4.57. The van der Waals surface area contributed by atoms with Crippen LogP contribution in [0.2, 0.25) is 10.0 Å². The number of halogens is 2. The molecule has 0 spiro atoms. The van der Waals surface area contributed by atoms with Crippen LogP contribution in [0.4, 0.5) is 0 Å². The molecular formula is C22H21Cl2N3OS2. The second kappa shape index (κ2) is 9.10. The number of aryl methyl sites for hydroxylation is 1. The number of thiocarbonyl (C=S) groups is 1. The van der Waals surface area contributed by atoms with Gasteiger partial charge in [-0.15, -0.1) is 11.3 Å². The van der Waals surface area contributed by atoms with Gasteiger partial charge in [-0.2, -0.15) is 0 Å². The SMILES string of the molecule is Cc1ccc(CNC(=S)N2CCN(C(=O)c3sc4cc(Cl)ccc4c3Cl)CC2)cc1. The van der Waals surface area contributed by atoms with Crippen molar-refractivity contribution in [1.29, 1.82) is 0 Å². The highest BCUT2D eigenvalue weighted by Gasteiger charge is 2.26. The quantitative estimate of drug-likeness (QED) is 0.515. The average molecular weight is 478 g/mol. The van der Waals surface area contributed by atoms with Crippen LogP contribution in [0.25, 0.3) is 10.1 Å². The maximum atomic E-state index is 13.0. The predicted molar refractivity (Wildman–Crippen MR) is 130 cm³/mol. The smallest absolute Gasteiger partial charge is 0.265 e. The Morgan fingerprint density at radius 3 is 2.43 bits per heavy atom. The molecule has 156 valence electrons. The van der Waals surface area contributed by atoms with E-state index in [-0.39, 0.29) is 5.91 Å². The van der Waals surface area contributed by atoms with E-state index >= 15 is 0 Å². The van der Waals surface area contributed by atoms with E-state index in [9.17, 15) is 4.79 Å². The van der Waals surface area contributed by atoms with Gasteiger partial charge in [-0.25, -0.2) is 0 Å². The van der Waals surface area contributed by atoms with Crippen molar-refractivity contribution in [3.8, 4) is 0 Å². The molecule has 0 aliphatic carbocycles. The van der Waals surface area contributed by atoms with E-state index < -0.39 is 0 Å². The van der Waals surface area contributed by atoms with Gasteiger partial charge in [0, 0.05) is 47.8 Å². The lowest BCUT2D eigenvalue weighted by Crippen LogP contribution is -2.52. The number of thiophene rings is 1. The van der Waals surface area contributed by atoms with Crippen molar-refractivity contribution >= 4 is 67.9 Å². The summed E-state index contributed by atoms with van der Waals surface area (Å²) >= 11 is 19.5. The molecule has 2 aromatic carbocycles. The highest BCUT2D eigenvalue weighted by molar-refractivity contribution is 7.80. The number of hydrogen-bond acceptors (Lipinski definition) is 3. The van der Waals surface area contributed by atoms with Crippen LogP contribution >= 0.6 is 46.8 Å². The van der Waals surface area contributed by atoms with E-state index in [1.54, 1.807) is 6.07 Å². The molecule has 0 bridgehead atoms. The summed E-state index contributed by atoms with van der Waals surface area (Å²) in [6.07, 6.45) is 0. The van der Waals surface area contributed by atoms with Crippen molar-refractivity contribution in [2.24, 2.45) is 0 Å². The van der Waals surface area contributed by atoms with Crippen LogP contribution in [0.3, 0.4) is 0 Å². The normalized spacial score (nSPS) is 14.2. The molecule has 0 saturated carbocycles. The second-order valence-electron chi connectivity index (χ2n) is 7.31. The van der Waals surface area contributed by atoms with E-state index in [1.165, 1.54) is 22.5 Å². The highest BCUT2D eigenvalue weighted by Crippen LogP contribution is 2.37. The van der Waals surface area contributed by atoms with Crippen LogP contribution in [0.1, 0.15) is 20.8 Å². The first kappa shape index (κ1) is 21.4. The Morgan fingerprint density at radius 1 is 1.07 bits per heavy atom. The Balaban J connectivity index is 1.35. The standard InChI is InChI=1S/C22H21Cl2N3OS2/c1-14-2-4-15(5-3-14)13-25-22(29)27-10-8-26(9-11-27)21(28)20-19(24)17-7-6-16(23)12-18(17)30-20/h2-7,12H,8-11,13H2,1H3,(H,25,29). The zero-order chi connectivity index (χ0) is 21.3. The predicted octanol–water partition coefficient (Wildman–Crippen LogP) is 5.35. The van der Waals surface area contributed by atoms with E-state index in [2.05, 4.69) is 41.4 Å². The molecule has 0 unspecified atom stereocenters. The highest BCUT2D eigenvalue weighted by atomic mass is 35.5. The molecule has 1 saturated heterocycles. The summed E-state index contributed by atoms with van der Waals surface area (Å²) in [6.45, 7) is 5.37. The van der Waals surface area contributed by atoms with Crippen LogP contribution in [0, 0.1) is 6.92 Å². The monoisotopic (exact) mass is 477 g/mol. The van der Waals surface area contributed by atoms with Gasteiger partial charge in [0.25, 0.3) is 5.91 Å². The molecule has 2 heterocycles. The Morgan fingerprint density at radius 2 is 1.73 bits per heavy atom. The Kier molecular flexibility index (Phi) is 6.48. The molecule has 30 heavy (non-hydrogen) atoms. The topological polar surface area (TPSA) is 35.6 Å². The summed E-state index contributed by atoms with van der Waals surface area (Å²) < 4.78 is 0.927. The summed E-state index contributed by atoms with van der Waals surface area (Å²) in [6, 6.07) is 13.9. The van der Waals surface area contributed by atoms with Crippen molar-refractivity contribution in [2.45, 2.75) is 13.5 Å². The lowest BCUT2D eigenvalue weighted by Gasteiger charge is -2.36. The number of amides is 1. The number of hydrogen-bond donors (Lipinski definition) is 1. The summed E-state index contributed by atoms with van der Waals surface area (Å²) in [5.74, 6) is -0.0319. The Hall–Kier alpha value is -1.86. The molecule has 1 aliphatic rings. The van der Waals surface area contributed by atoms with Gasteiger partial charge in [-0.05, 0) is 36.8 Å². The van der Waals surface area contributed by atoms with Gasteiger partial charge >= 0.3 is 0 Å². The molecule has 8 heteroatoms. The van der Waals surface area contributed by atoms with E-state index in [0.29, 0.717) is 47.6 Å². The number of carbonyl (C=O) groups excluding carboxylic acids is 1. The van der Waals surface area contributed by atoms with Crippen LogP contribution in [-0.2, 0) is 6.54 Å². The average Bonchev–Trinajstić information content (AvgIpc) is 3.08. The fourth-order valence-corrected chi connectivity index (χ4v) is 5.44. The Labute approximate surface area is 195 Å². The van der Waals surface area contributed by atoms with Crippen LogP contribution in [0.5, 0.6) is 0 Å². The fourth-order valence-electron chi connectivity index (χ4n) is 3.43. The van der Waals surface area contributed by atoms with Gasteiger partial charge < -0.3 is 15.1 Å². The number of carbonyl (C=O) groups is 1. The summed E-state index contributed by atoms with van der Waals surface area (Å²) in [5, 5.41) is 6.06. The zero-order valence-electron chi connectivity index (χ0n) is 16.5. The minimum Gasteiger partial charge on any atom is -0.358 e. The first-order chi connectivity index (χ1) is 14.4. The number of piperazine rings is 1. The maximum Gasteiger partial charge on any atom is 0.265 e. The van der Waals surface area contributed by atoms with Gasteiger partial charge in [0.2, 0.25) is 0 Å². The number of rotatable bonds is 3. The molecule has 4 rings (SSSR count). The molecule has 1 aliphatic heterocycles. The van der Waals surface area contributed by atoms with Gasteiger partial charge in [-0.1, -0.05) is 59.1 Å². The first-order valence-corrected chi connectivity index (χ1v) is 11.7. The molecule has 0 radical (unpaired) electrons. The van der Waals surface area contributed by atoms with Gasteiger partial charge in [0.15, 0.2) is 5.11 Å².